The highest BCUT2D eigenvalue weighted by Crippen LogP contribution is 2.22. The number of unbranched alkanes of at least 4 members (excludes halogenated alkanes) is 3. The number of aliphatic hydroxyl groups excluding tert-OH is 1. The van der Waals surface area contributed by atoms with Gasteiger partial charge >= 0.3 is 0 Å². The number of benzene rings is 1. The second-order valence-corrected chi connectivity index (χ2v) is 21.1. The van der Waals surface area contributed by atoms with Crippen LogP contribution in [-0.2, 0) is 70.4 Å². The Hall–Kier alpha value is -8.09. The Morgan fingerprint density at radius 3 is 1.61 bits per heavy atom. The van der Waals surface area contributed by atoms with E-state index < -0.39 is 145 Å². The van der Waals surface area contributed by atoms with E-state index >= 15 is 0 Å². The van der Waals surface area contributed by atoms with Crippen LogP contribution in [0.5, 0.6) is 5.75 Å². The first-order valence-corrected chi connectivity index (χ1v) is 28.7. The van der Waals surface area contributed by atoms with Crippen molar-refractivity contribution in [3.05, 3.63) is 48.0 Å². The van der Waals surface area contributed by atoms with Crippen LogP contribution in [0.3, 0.4) is 0 Å². The normalized spacial score (nSPS) is 15.3. The SMILES string of the molecule is CC(=O)N[C@@H](Cc1cnc[nH]1)C(=O)N[C@H](C(=O)N1CCC[C@H]1C(=O)N[C@@H](Cc1ccc(O)cc1)C(=O)NCC(=O)NCC(=O)NCC(=O)N[C@@H](CO)C(=O)N[C@@H](CCCCN)C(=O)N[C@@H](CCCCN)C(=O)N[C@@H](CCCCN)C(C)=O)C(C)C. The monoisotopic (exact) mass is 1200 g/mol. The molecule has 85 heavy (non-hydrogen) atoms. The van der Waals surface area contributed by atoms with Crippen LogP contribution in [0, 0.1) is 5.92 Å². The number of likely N-dealkylation sites (tertiary alicyclic amines) is 1. The number of aromatic amines is 1. The predicted molar refractivity (Wildman–Crippen MR) is 308 cm³/mol. The fourth-order valence-corrected chi connectivity index (χ4v) is 9.09. The molecule has 19 N–H and O–H groups in total. The molecule has 11 amide bonds. The van der Waals surface area contributed by atoms with Gasteiger partial charge in [-0.25, -0.2) is 4.98 Å². The average Bonchev–Trinajstić information content (AvgIpc) is 3.71. The summed E-state index contributed by atoms with van der Waals surface area (Å²) in [6, 6.07) is -3.59. The highest BCUT2D eigenvalue weighted by molar-refractivity contribution is 5.98. The van der Waals surface area contributed by atoms with Crippen molar-refractivity contribution in [2.45, 2.75) is 160 Å². The number of nitrogens with two attached hydrogens (primary N) is 3. The van der Waals surface area contributed by atoms with Crippen LogP contribution in [0.25, 0.3) is 0 Å². The number of amides is 11. The number of hydrogen-bond donors (Lipinski definition) is 16. The van der Waals surface area contributed by atoms with Crippen LogP contribution in [0.2, 0.25) is 0 Å². The molecule has 2 aromatic rings. The van der Waals surface area contributed by atoms with Gasteiger partial charge in [-0.15, -0.1) is 0 Å². The minimum Gasteiger partial charge on any atom is -0.508 e. The third kappa shape index (κ3) is 25.7. The number of rotatable bonds is 39. The number of aliphatic hydroxyl groups is 1. The van der Waals surface area contributed by atoms with E-state index in [1.165, 1.54) is 55.5 Å². The number of phenols is 1. The van der Waals surface area contributed by atoms with Crippen molar-refractivity contribution in [1.29, 1.82) is 0 Å². The molecular weight excluding hydrogens is 1110 g/mol. The number of nitrogens with one attached hydrogen (secondary N) is 11. The zero-order valence-electron chi connectivity index (χ0n) is 48.9. The maximum absolute atomic E-state index is 14.2. The number of aromatic hydroxyl groups is 1. The van der Waals surface area contributed by atoms with E-state index in [9.17, 15) is 67.7 Å². The zero-order valence-corrected chi connectivity index (χ0v) is 48.9. The molecule has 30 nitrogen and oxygen atoms in total. The molecule has 0 spiro atoms. The molecule has 30 heteroatoms. The van der Waals surface area contributed by atoms with E-state index in [1.807, 2.05) is 0 Å². The molecule has 8 atom stereocenters. The van der Waals surface area contributed by atoms with Crippen LogP contribution in [-0.4, -0.2) is 197 Å². The molecule has 2 heterocycles. The lowest BCUT2D eigenvalue weighted by atomic mass is 10.0. The maximum Gasteiger partial charge on any atom is 0.246 e. The smallest absolute Gasteiger partial charge is 0.246 e. The van der Waals surface area contributed by atoms with E-state index in [2.05, 4.69) is 63.1 Å². The quantitative estimate of drug-likeness (QED) is 0.0280. The standard InChI is InChI=1S/C55H88N16O14/c1-32(2)48(70-52(82)42(64-34(4)74)25-36-26-59-31-63-36)55(85)71-23-11-15-44(71)54(84)69-41(24-35-16-18-37(75)19-17-35)49(79)62-28-46(77)60-27-45(76)61-29-47(78)65-43(30-72)53(83)68-40(14-7-10-22-58)51(81)67-39(13-6-9-21-57)50(80)66-38(33(3)73)12-5-8-20-56/h16-19,26,31-32,38-44,48,72,75H,5-15,20-25,27-30,56-58H2,1-4H3,(H,59,63)(H,60,77)(H,61,76)(H,62,79)(H,64,74)(H,65,78)(H,66,80)(H,67,81)(H,68,83)(H,69,84)(H,70,82)/t38-,39-,40-,41-,42-,43-,44-,48-/m0/s1. The predicted octanol–water partition coefficient (Wildman–Crippen LogP) is -4.72. The van der Waals surface area contributed by atoms with Gasteiger partial charge in [-0.2, -0.15) is 0 Å². The molecule has 0 unspecified atom stereocenters. The number of H-pyrrole nitrogens is 1. The Labute approximate surface area is 494 Å². The second-order valence-electron chi connectivity index (χ2n) is 21.1. The van der Waals surface area contributed by atoms with Gasteiger partial charge in [0.1, 0.15) is 48.0 Å². The van der Waals surface area contributed by atoms with Gasteiger partial charge in [0.2, 0.25) is 65.0 Å². The number of carbonyl (C=O) groups is 12. The Morgan fingerprint density at radius 2 is 1.11 bits per heavy atom. The van der Waals surface area contributed by atoms with Crippen molar-refractivity contribution in [2.24, 2.45) is 23.1 Å². The molecule has 1 aliphatic heterocycles. The van der Waals surface area contributed by atoms with Crippen molar-refractivity contribution < 1.29 is 67.7 Å². The number of imidazole rings is 1. The third-order valence-electron chi connectivity index (χ3n) is 13.8. The van der Waals surface area contributed by atoms with E-state index in [4.69, 9.17) is 17.2 Å². The molecule has 1 fully saturated rings. The minimum atomic E-state index is -1.61. The summed E-state index contributed by atoms with van der Waals surface area (Å²) in [6.07, 6.45) is 7.06. The van der Waals surface area contributed by atoms with Crippen molar-refractivity contribution in [3.63, 3.8) is 0 Å². The molecular formula is C55H88N16O14. The molecule has 1 aromatic heterocycles. The van der Waals surface area contributed by atoms with Gasteiger partial charge in [-0.1, -0.05) is 26.0 Å². The van der Waals surface area contributed by atoms with E-state index in [0.717, 1.165) is 0 Å². The largest absolute Gasteiger partial charge is 0.508 e. The fourth-order valence-electron chi connectivity index (χ4n) is 9.09. The lowest BCUT2D eigenvalue weighted by Crippen LogP contribution is -2.59. The maximum atomic E-state index is 14.2. The average molecular weight is 1200 g/mol. The van der Waals surface area contributed by atoms with Crippen LogP contribution < -0.4 is 70.4 Å². The molecule has 0 radical (unpaired) electrons. The van der Waals surface area contributed by atoms with E-state index in [1.54, 1.807) is 13.8 Å². The summed E-state index contributed by atoms with van der Waals surface area (Å²) in [6.45, 7) is 4.13. The number of ketones is 1. The lowest BCUT2D eigenvalue weighted by molar-refractivity contribution is -0.143. The van der Waals surface area contributed by atoms with E-state index in [0.29, 0.717) is 75.7 Å². The number of Topliss-reactive ketones (excluding diaryl/α,β-unsaturated/α-hetero) is 1. The highest BCUT2D eigenvalue weighted by atomic mass is 16.3. The fraction of sp³-hybridized carbons (Fsp3) is 0.618. The summed E-state index contributed by atoms with van der Waals surface area (Å²) in [7, 11) is 0. The third-order valence-corrected chi connectivity index (χ3v) is 13.8. The summed E-state index contributed by atoms with van der Waals surface area (Å²) in [5, 5.41) is 45.1. The number of nitrogens with zero attached hydrogens (tertiary/aromatic N) is 2. The lowest BCUT2D eigenvalue weighted by Gasteiger charge is -2.32. The van der Waals surface area contributed by atoms with Gasteiger partial charge in [-0.3, -0.25) is 57.5 Å². The molecule has 0 aliphatic carbocycles. The Morgan fingerprint density at radius 1 is 0.600 bits per heavy atom. The first kappa shape index (κ1) is 71.2. The van der Waals surface area contributed by atoms with Gasteiger partial charge < -0.3 is 90.5 Å². The Bertz CT molecular complexity index is 2540. The number of hydrogen-bond acceptors (Lipinski definition) is 18. The van der Waals surface area contributed by atoms with E-state index in [-0.39, 0.29) is 56.7 Å². The Balaban J connectivity index is 1.60. The molecule has 1 aromatic carbocycles. The highest BCUT2D eigenvalue weighted by Gasteiger charge is 2.41. The second kappa shape index (κ2) is 38.0. The first-order chi connectivity index (χ1) is 40.5. The summed E-state index contributed by atoms with van der Waals surface area (Å²) in [4.78, 5) is 167. The molecule has 0 saturated carbocycles. The summed E-state index contributed by atoms with van der Waals surface area (Å²) in [5.41, 5.74) is 18.0. The molecule has 472 valence electrons. The van der Waals surface area contributed by atoms with Gasteiger partial charge in [0, 0.05) is 38.2 Å². The van der Waals surface area contributed by atoms with Crippen LogP contribution in [0.4, 0.5) is 0 Å². The van der Waals surface area contributed by atoms with Gasteiger partial charge in [0.05, 0.1) is 38.6 Å². The van der Waals surface area contributed by atoms with Crippen molar-refractivity contribution >= 4 is 70.8 Å². The molecule has 1 aliphatic rings. The van der Waals surface area contributed by atoms with Gasteiger partial charge in [0.15, 0.2) is 5.78 Å². The molecule has 0 bridgehead atoms. The van der Waals surface area contributed by atoms with Crippen LogP contribution >= 0.6 is 0 Å². The van der Waals surface area contributed by atoms with Crippen molar-refractivity contribution in [1.82, 2.24) is 68.0 Å². The zero-order chi connectivity index (χ0) is 63.0. The summed E-state index contributed by atoms with van der Waals surface area (Å²) < 4.78 is 0. The van der Waals surface area contributed by atoms with Gasteiger partial charge in [-0.05, 0) is 121 Å². The molecule has 3 rings (SSSR count). The Kier molecular flexibility index (Phi) is 31.8. The topological polar surface area (TPSA) is 476 Å². The van der Waals surface area contributed by atoms with Crippen molar-refractivity contribution in [3.8, 4) is 5.75 Å². The number of aromatic nitrogens is 2. The first-order valence-electron chi connectivity index (χ1n) is 28.7. The van der Waals surface area contributed by atoms with Crippen molar-refractivity contribution in [2.75, 3.05) is 52.4 Å². The number of phenolic OH excluding ortho intramolecular Hbond substituents is 1. The minimum absolute atomic E-state index is 0.0536. The summed E-state index contributed by atoms with van der Waals surface area (Å²) >= 11 is 0. The molecule has 1 saturated heterocycles. The summed E-state index contributed by atoms with van der Waals surface area (Å²) in [5.74, 6) is -9.02. The number of carbonyl (C=O) groups excluding carboxylic acids is 12. The van der Waals surface area contributed by atoms with Crippen LogP contribution in [0.15, 0.2) is 36.8 Å². The van der Waals surface area contributed by atoms with Gasteiger partial charge in [0.25, 0.3) is 0 Å². The van der Waals surface area contributed by atoms with Crippen LogP contribution in [0.1, 0.15) is 110 Å².